The molecule has 0 fully saturated rings. The smallest absolute Gasteiger partial charge is 0.150 e. The number of benzene rings is 2. The van der Waals surface area contributed by atoms with Gasteiger partial charge in [-0.3, -0.25) is 4.79 Å². The highest BCUT2D eigenvalue weighted by Gasteiger charge is 2.10. The normalized spacial score (nSPS) is 10.7. The molecule has 0 bridgehead atoms. The van der Waals surface area contributed by atoms with Gasteiger partial charge in [0.15, 0.2) is 6.29 Å². The van der Waals surface area contributed by atoms with Crippen LogP contribution in [0.2, 0.25) is 5.02 Å². The fraction of sp³-hybridized carbons (Fsp3) is 0.235. The standard InChI is InChI=1S/C17H17ClO2/c1-11(2)20-15-5-7-17(13(9-15)10-19)16-6-4-14(18)8-12(16)3/h4-11H,1-3H3. The monoisotopic (exact) mass is 288 g/mol. The number of halogens is 1. The molecule has 0 aliphatic carbocycles. The first-order valence-electron chi connectivity index (χ1n) is 6.53. The summed E-state index contributed by atoms with van der Waals surface area (Å²) < 4.78 is 5.62. The van der Waals surface area contributed by atoms with Gasteiger partial charge in [-0.05, 0) is 67.8 Å². The first-order chi connectivity index (χ1) is 9.51. The van der Waals surface area contributed by atoms with Gasteiger partial charge in [-0.1, -0.05) is 17.7 Å². The van der Waals surface area contributed by atoms with Gasteiger partial charge in [0.25, 0.3) is 0 Å². The average molecular weight is 289 g/mol. The van der Waals surface area contributed by atoms with Crippen molar-refractivity contribution in [3.63, 3.8) is 0 Å². The number of hydrogen-bond acceptors (Lipinski definition) is 2. The van der Waals surface area contributed by atoms with E-state index >= 15 is 0 Å². The van der Waals surface area contributed by atoms with Crippen LogP contribution in [-0.4, -0.2) is 12.4 Å². The molecule has 3 heteroatoms. The zero-order valence-electron chi connectivity index (χ0n) is 11.8. The summed E-state index contributed by atoms with van der Waals surface area (Å²) in [5.41, 5.74) is 3.56. The Bertz CT molecular complexity index is 633. The summed E-state index contributed by atoms with van der Waals surface area (Å²) >= 11 is 5.97. The maximum Gasteiger partial charge on any atom is 0.150 e. The van der Waals surface area contributed by atoms with Crippen LogP contribution in [0.4, 0.5) is 0 Å². The maximum absolute atomic E-state index is 11.3. The summed E-state index contributed by atoms with van der Waals surface area (Å²) in [4.78, 5) is 11.3. The molecule has 104 valence electrons. The molecule has 0 atom stereocenters. The largest absolute Gasteiger partial charge is 0.491 e. The predicted molar refractivity (Wildman–Crippen MR) is 82.8 cm³/mol. The lowest BCUT2D eigenvalue weighted by molar-refractivity contribution is 0.112. The second kappa shape index (κ2) is 6.10. The Hall–Kier alpha value is -1.80. The van der Waals surface area contributed by atoms with Gasteiger partial charge in [0.1, 0.15) is 5.75 Å². The molecule has 2 nitrogen and oxygen atoms in total. The SMILES string of the molecule is Cc1cc(Cl)ccc1-c1ccc(OC(C)C)cc1C=O. The third kappa shape index (κ3) is 3.20. The van der Waals surface area contributed by atoms with Crippen LogP contribution in [0.1, 0.15) is 29.8 Å². The molecule has 0 spiro atoms. The van der Waals surface area contributed by atoms with E-state index in [1.54, 1.807) is 6.07 Å². The number of rotatable bonds is 4. The summed E-state index contributed by atoms with van der Waals surface area (Å²) in [6, 6.07) is 11.2. The summed E-state index contributed by atoms with van der Waals surface area (Å²) in [7, 11) is 0. The molecule has 0 aliphatic rings. The number of ether oxygens (including phenoxy) is 1. The molecule has 0 aromatic heterocycles. The Morgan fingerprint density at radius 2 is 1.80 bits per heavy atom. The van der Waals surface area contributed by atoms with Crippen LogP contribution in [0, 0.1) is 6.92 Å². The van der Waals surface area contributed by atoms with Gasteiger partial charge in [0.2, 0.25) is 0 Å². The van der Waals surface area contributed by atoms with Crippen LogP contribution < -0.4 is 4.74 Å². The van der Waals surface area contributed by atoms with Gasteiger partial charge in [-0.2, -0.15) is 0 Å². The van der Waals surface area contributed by atoms with Gasteiger partial charge in [-0.25, -0.2) is 0 Å². The second-order valence-corrected chi connectivity index (χ2v) is 5.43. The summed E-state index contributed by atoms with van der Waals surface area (Å²) in [6.45, 7) is 5.89. The topological polar surface area (TPSA) is 26.3 Å². The summed E-state index contributed by atoms with van der Waals surface area (Å²) in [5.74, 6) is 0.706. The number of aldehydes is 1. The maximum atomic E-state index is 11.3. The fourth-order valence-corrected chi connectivity index (χ4v) is 2.39. The quantitative estimate of drug-likeness (QED) is 0.747. The lowest BCUT2D eigenvalue weighted by atomic mass is 9.96. The van der Waals surface area contributed by atoms with E-state index < -0.39 is 0 Å². The Kier molecular flexibility index (Phi) is 4.46. The van der Waals surface area contributed by atoms with Gasteiger partial charge in [0, 0.05) is 10.6 Å². The zero-order chi connectivity index (χ0) is 14.7. The number of carbonyl (C=O) groups excluding carboxylic acids is 1. The Morgan fingerprint density at radius 1 is 1.10 bits per heavy atom. The van der Waals surface area contributed by atoms with Crippen molar-refractivity contribution in [3.05, 3.63) is 52.5 Å². The Morgan fingerprint density at radius 3 is 2.40 bits per heavy atom. The fourth-order valence-electron chi connectivity index (χ4n) is 2.16. The predicted octanol–water partition coefficient (Wildman–Crippen LogP) is 4.92. The lowest BCUT2D eigenvalue weighted by Crippen LogP contribution is -2.06. The minimum absolute atomic E-state index is 0.0811. The zero-order valence-corrected chi connectivity index (χ0v) is 12.6. The molecular weight excluding hydrogens is 272 g/mol. The van der Waals surface area contributed by atoms with Crippen molar-refractivity contribution >= 4 is 17.9 Å². The van der Waals surface area contributed by atoms with Crippen molar-refractivity contribution in [3.8, 4) is 16.9 Å². The lowest BCUT2D eigenvalue weighted by Gasteiger charge is -2.13. The summed E-state index contributed by atoms with van der Waals surface area (Å²) in [5, 5.41) is 0.693. The highest BCUT2D eigenvalue weighted by Crippen LogP contribution is 2.30. The first kappa shape index (κ1) is 14.6. The highest BCUT2D eigenvalue weighted by molar-refractivity contribution is 6.30. The van der Waals surface area contributed by atoms with Crippen molar-refractivity contribution in [2.24, 2.45) is 0 Å². The van der Waals surface area contributed by atoms with Gasteiger partial charge < -0.3 is 4.74 Å². The van der Waals surface area contributed by atoms with Crippen LogP contribution in [0.15, 0.2) is 36.4 Å². The molecule has 0 heterocycles. The first-order valence-corrected chi connectivity index (χ1v) is 6.91. The van der Waals surface area contributed by atoms with Gasteiger partial charge in [-0.15, -0.1) is 0 Å². The molecule has 0 saturated carbocycles. The van der Waals surface area contributed by atoms with Crippen LogP contribution in [-0.2, 0) is 0 Å². The Balaban J connectivity index is 2.48. The van der Waals surface area contributed by atoms with E-state index in [9.17, 15) is 4.79 Å². The third-order valence-electron chi connectivity index (χ3n) is 3.00. The molecule has 0 aliphatic heterocycles. The molecule has 0 unspecified atom stereocenters. The van der Waals surface area contributed by atoms with E-state index in [-0.39, 0.29) is 6.10 Å². The van der Waals surface area contributed by atoms with Crippen LogP contribution in [0.5, 0.6) is 5.75 Å². The van der Waals surface area contributed by atoms with Crippen molar-refractivity contribution in [1.82, 2.24) is 0 Å². The minimum Gasteiger partial charge on any atom is -0.491 e. The average Bonchev–Trinajstić information content (AvgIpc) is 2.38. The number of carbonyl (C=O) groups is 1. The summed E-state index contributed by atoms with van der Waals surface area (Å²) in [6.07, 6.45) is 0.939. The Labute approximate surface area is 124 Å². The van der Waals surface area contributed by atoms with Crippen molar-refractivity contribution in [2.45, 2.75) is 26.9 Å². The van der Waals surface area contributed by atoms with E-state index in [0.717, 1.165) is 23.0 Å². The van der Waals surface area contributed by atoms with E-state index in [0.29, 0.717) is 16.3 Å². The number of aryl methyl sites for hydroxylation is 1. The highest BCUT2D eigenvalue weighted by atomic mass is 35.5. The van der Waals surface area contributed by atoms with Crippen molar-refractivity contribution in [2.75, 3.05) is 0 Å². The molecule has 0 saturated heterocycles. The van der Waals surface area contributed by atoms with Crippen molar-refractivity contribution < 1.29 is 9.53 Å². The van der Waals surface area contributed by atoms with E-state index in [1.807, 2.05) is 51.1 Å². The molecular formula is C17H17ClO2. The van der Waals surface area contributed by atoms with Gasteiger partial charge in [0.05, 0.1) is 6.10 Å². The molecule has 2 aromatic carbocycles. The van der Waals surface area contributed by atoms with E-state index in [1.165, 1.54) is 0 Å². The molecule has 0 radical (unpaired) electrons. The second-order valence-electron chi connectivity index (χ2n) is 4.99. The molecule has 20 heavy (non-hydrogen) atoms. The third-order valence-corrected chi connectivity index (χ3v) is 3.24. The molecule has 0 amide bonds. The molecule has 0 N–H and O–H groups in total. The molecule has 2 rings (SSSR count). The van der Waals surface area contributed by atoms with Crippen molar-refractivity contribution in [1.29, 1.82) is 0 Å². The van der Waals surface area contributed by atoms with Crippen LogP contribution in [0.25, 0.3) is 11.1 Å². The molecule has 2 aromatic rings. The van der Waals surface area contributed by atoms with Crippen LogP contribution in [0.3, 0.4) is 0 Å². The van der Waals surface area contributed by atoms with E-state index in [2.05, 4.69) is 0 Å². The van der Waals surface area contributed by atoms with Gasteiger partial charge >= 0.3 is 0 Å². The minimum atomic E-state index is 0.0811. The number of hydrogen-bond donors (Lipinski definition) is 0. The van der Waals surface area contributed by atoms with Crippen LogP contribution >= 0.6 is 11.6 Å². The van der Waals surface area contributed by atoms with E-state index in [4.69, 9.17) is 16.3 Å².